The Morgan fingerprint density at radius 1 is 1.24 bits per heavy atom. The van der Waals surface area contributed by atoms with Gasteiger partial charge in [-0.15, -0.1) is 0 Å². The van der Waals surface area contributed by atoms with Crippen molar-refractivity contribution in [3.8, 4) is 5.75 Å². The van der Waals surface area contributed by atoms with Gasteiger partial charge in [-0.1, -0.05) is 25.1 Å². The number of furan rings is 1. The molecule has 0 amide bonds. The molecule has 1 unspecified atom stereocenters. The van der Waals surface area contributed by atoms with E-state index in [1.54, 1.807) is 13.3 Å². The second-order valence-corrected chi connectivity index (χ2v) is 4.84. The number of fused-ring (bicyclic) bond motifs is 1. The van der Waals surface area contributed by atoms with Crippen molar-refractivity contribution in [1.29, 1.82) is 0 Å². The highest BCUT2D eigenvalue weighted by Gasteiger charge is 2.18. The number of hydrogen-bond acceptors (Lipinski definition) is 4. The summed E-state index contributed by atoms with van der Waals surface area (Å²) in [5.74, 6) is 1.62. The Balaban J connectivity index is 2.03. The predicted octanol–water partition coefficient (Wildman–Crippen LogP) is 3.54. The fraction of sp³-hybridized carbons (Fsp3) is 0.235. The van der Waals surface area contributed by atoms with E-state index >= 15 is 0 Å². The molecule has 3 aromatic rings. The van der Waals surface area contributed by atoms with Crippen molar-refractivity contribution in [1.82, 2.24) is 10.3 Å². The summed E-state index contributed by atoms with van der Waals surface area (Å²) in [6.45, 7) is 2.90. The molecule has 4 heteroatoms. The fourth-order valence-electron chi connectivity index (χ4n) is 2.44. The van der Waals surface area contributed by atoms with Gasteiger partial charge in [0, 0.05) is 11.6 Å². The van der Waals surface area contributed by atoms with Crippen LogP contribution in [0.25, 0.3) is 11.0 Å². The third kappa shape index (κ3) is 2.76. The Kier molecular flexibility index (Phi) is 3.88. The zero-order valence-corrected chi connectivity index (χ0v) is 12.2. The normalized spacial score (nSPS) is 12.5. The lowest BCUT2D eigenvalue weighted by atomic mass is 10.1. The van der Waals surface area contributed by atoms with Crippen LogP contribution in [0.3, 0.4) is 0 Å². The Bertz CT molecular complexity index is 703. The first kappa shape index (κ1) is 13.6. The van der Waals surface area contributed by atoms with Crippen LogP contribution in [0.4, 0.5) is 0 Å². The SMILES string of the molecule is CCNC(c1cncc(OC)c1)c1cc2ccccc2o1. The summed E-state index contributed by atoms with van der Waals surface area (Å²) in [5.41, 5.74) is 1.92. The summed E-state index contributed by atoms with van der Waals surface area (Å²) in [7, 11) is 1.64. The molecular weight excluding hydrogens is 264 g/mol. The van der Waals surface area contributed by atoms with E-state index in [1.165, 1.54) is 0 Å². The van der Waals surface area contributed by atoms with Crippen molar-refractivity contribution < 1.29 is 9.15 Å². The van der Waals surface area contributed by atoms with E-state index < -0.39 is 0 Å². The van der Waals surface area contributed by atoms with E-state index in [-0.39, 0.29) is 6.04 Å². The highest BCUT2D eigenvalue weighted by Crippen LogP contribution is 2.29. The summed E-state index contributed by atoms with van der Waals surface area (Å²) in [6, 6.07) is 12.0. The number of pyridine rings is 1. The number of rotatable bonds is 5. The molecule has 0 radical (unpaired) electrons. The molecule has 0 fully saturated rings. The van der Waals surface area contributed by atoms with Crippen molar-refractivity contribution in [2.45, 2.75) is 13.0 Å². The molecule has 3 rings (SSSR count). The average molecular weight is 282 g/mol. The second kappa shape index (κ2) is 5.97. The van der Waals surface area contributed by atoms with Gasteiger partial charge in [0.05, 0.1) is 19.3 Å². The van der Waals surface area contributed by atoms with Gasteiger partial charge in [-0.2, -0.15) is 0 Å². The van der Waals surface area contributed by atoms with Gasteiger partial charge in [0.15, 0.2) is 0 Å². The largest absolute Gasteiger partial charge is 0.495 e. The smallest absolute Gasteiger partial charge is 0.137 e. The van der Waals surface area contributed by atoms with Gasteiger partial charge in [0.1, 0.15) is 17.1 Å². The number of ether oxygens (including phenoxy) is 1. The highest BCUT2D eigenvalue weighted by atomic mass is 16.5. The molecule has 1 N–H and O–H groups in total. The van der Waals surface area contributed by atoms with Crippen molar-refractivity contribution in [3.05, 3.63) is 60.1 Å². The molecule has 21 heavy (non-hydrogen) atoms. The summed E-state index contributed by atoms with van der Waals surface area (Å²) in [6.07, 6.45) is 3.54. The zero-order valence-electron chi connectivity index (χ0n) is 12.2. The first-order valence-corrected chi connectivity index (χ1v) is 7.02. The maximum absolute atomic E-state index is 5.98. The zero-order chi connectivity index (χ0) is 14.7. The second-order valence-electron chi connectivity index (χ2n) is 4.84. The third-order valence-electron chi connectivity index (χ3n) is 3.44. The number of nitrogens with zero attached hydrogens (tertiary/aromatic N) is 1. The van der Waals surface area contributed by atoms with Gasteiger partial charge in [-0.25, -0.2) is 0 Å². The third-order valence-corrected chi connectivity index (χ3v) is 3.44. The minimum absolute atomic E-state index is 0.0370. The van der Waals surface area contributed by atoms with E-state index in [0.29, 0.717) is 0 Å². The van der Waals surface area contributed by atoms with Gasteiger partial charge in [-0.05, 0) is 30.3 Å². The monoisotopic (exact) mass is 282 g/mol. The predicted molar refractivity (Wildman–Crippen MR) is 82.5 cm³/mol. The molecular formula is C17H18N2O2. The summed E-state index contributed by atoms with van der Waals surface area (Å²) in [5, 5.41) is 4.54. The Morgan fingerprint density at radius 2 is 2.10 bits per heavy atom. The quantitative estimate of drug-likeness (QED) is 0.777. The van der Waals surface area contributed by atoms with E-state index in [2.05, 4.69) is 29.4 Å². The van der Waals surface area contributed by atoms with Crippen LogP contribution in [0.15, 0.2) is 53.2 Å². The van der Waals surface area contributed by atoms with E-state index in [1.807, 2.05) is 30.5 Å². The maximum Gasteiger partial charge on any atom is 0.137 e. The fourth-order valence-corrected chi connectivity index (χ4v) is 2.44. The van der Waals surface area contributed by atoms with Crippen molar-refractivity contribution >= 4 is 11.0 Å². The van der Waals surface area contributed by atoms with Crippen LogP contribution in [-0.2, 0) is 0 Å². The number of methoxy groups -OCH3 is 1. The van der Waals surface area contributed by atoms with E-state index in [9.17, 15) is 0 Å². The minimum atomic E-state index is -0.0370. The Labute approximate surface area is 123 Å². The summed E-state index contributed by atoms with van der Waals surface area (Å²) < 4.78 is 11.2. The van der Waals surface area contributed by atoms with E-state index in [0.717, 1.165) is 34.6 Å². The van der Waals surface area contributed by atoms with Crippen molar-refractivity contribution in [2.75, 3.05) is 13.7 Å². The number of benzene rings is 1. The van der Waals surface area contributed by atoms with Gasteiger partial charge < -0.3 is 14.5 Å². The Hall–Kier alpha value is -2.33. The number of aromatic nitrogens is 1. The van der Waals surface area contributed by atoms with Crippen LogP contribution in [0, 0.1) is 0 Å². The first-order chi connectivity index (χ1) is 10.3. The van der Waals surface area contributed by atoms with Crippen LogP contribution in [0.1, 0.15) is 24.3 Å². The molecule has 0 saturated heterocycles. The molecule has 0 aliphatic heterocycles. The lowest BCUT2D eigenvalue weighted by Gasteiger charge is -2.16. The molecule has 2 heterocycles. The molecule has 2 aromatic heterocycles. The molecule has 0 spiro atoms. The molecule has 0 aliphatic rings. The first-order valence-electron chi connectivity index (χ1n) is 7.02. The van der Waals surface area contributed by atoms with Crippen LogP contribution in [0.2, 0.25) is 0 Å². The van der Waals surface area contributed by atoms with Crippen molar-refractivity contribution in [3.63, 3.8) is 0 Å². The van der Waals surface area contributed by atoms with Gasteiger partial charge in [0.2, 0.25) is 0 Å². The maximum atomic E-state index is 5.98. The lowest BCUT2D eigenvalue weighted by Crippen LogP contribution is -2.21. The highest BCUT2D eigenvalue weighted by molar-refractivity contribution is 5.77. The summed E-state index contributed by atoms with van der Waals surface area (Å²) >= 11 is 0. The summed E-state index contributed by atoms with van der Waals surface area (Å²) in [4.78, 5) is 4.23. The van der Waals surface area contributed by atoms with Gasteiger partial charge in [0.25, 0.3) is 0 Å². The topological polar surface area (TPSA) is 47.3 Å². The van der Waals surface area contributed by atoms with Crippen LogP contribution in [-0.4, -0.2) is 18.6 Å². The lowest BCUT2D eigenvalue weighted by molar-refractivity contribution is 0.410. The number of nitrogens with one attached hydrogen (secondary N) is 1. The Morgan fingerprint density at radius 3 is 2.86 bits per heavy atom. The van der Waals surface area contributed by atoms with Crippen molar-refractivity contribution in [2.24, 2.45) is 0 Å². The molecule has 1 aromatic carbocycles. The van der Waals surface area contributed by atoms with Gasteiger partial charge >= 0.3 is 0 Å². The molecule has 0 bridgehead atoms. The molecule has 0 saturated carbocycles. The van der Waals surface area contributed by atoms with E-state index in [4.69, 9.17) is 9.15 Å². The van der Waals surface area contributed by atoms with Crippen LogP contribution >= 0.6 is 0 Å². The molecule has 1 atom stereocenters. The van der Waals surface area contributed by atoms with Crippen LogP contribution in [0.5, 0.6) is 5.75 Å². The molecule has 4 nitrogen and oxygen atoms in total. The average Bonchev–Trinajstić information content (AvgIpc) is 2.96. The van der Waals surface area contributed by atoms with Crippen LogP contribution < -0.4 is 10.1 Å². The molecule has 0 aliphatic carbocycles. The molecule has 108 valence electrons. The number of para-hydroxylation sites is 1. The van der Waals surface area contributed by atoms with Gasteiger partial charge in [-0.3, -0.25) is 4.98 Å². The standard InChI is InChI=1S/C17H18N2O2/c1-3-19-17(13-8-14(20-2)11-18-10-13)16-9-12-6-4-5-7-15(12)21-16/h4-11,17,19H,3H2,1-2H3. The number of hydrogen-bond donors (Lipinski definition) is 1. The minimum Gasteiger partial charge on any atom is -0.495 e.